The van der Waals surface area contributed by atoms with Crippen molar-refractivity contribution in [3.63, 3.8) is 0 Å². The van der Waals surface area contributed by atoms with Crippen molar-refractivity contribution in [3.8, 4) is 5.69 Å². The van der Waals surface area contributed by atoms with E-state index in [0.717, 1.165) is 19.5 Å². The second kappa shape index (κ2) is 11.4. The molecule has 3 aromatic rings. The monoisotopic (exact) mass is 535 g/mol. The summed E-state index contributed by atoms with van der Waals surface area (Å²) in [6.07, 6.45) is 5.35. The summed E-state index contributed by atoms with van der Waals surface area (Å²) in [6.45, 7) is 14.6. The normalized spacial score (nSPS) is 13.6. The first-order valence-electron chi connectivity index (χ1n) is 13.0. The lowest BCUT2D eigenvalue weighted by Gasteiger charge is -2.34. The molecule has 0 unspecified atom stereocenters. The Morgan fingerprint density at radius 1 is 1.18 bits per heavy atom. The molecule has 0 bridgehead atoms. The van der Waals surface area contributed by atoms with Gasteiger partial charge in [-0.1, -0.05) is 20.1 Å². The molecule has 0 amide bonds. The minimum Gasteiger partial charge on any atom is -0.498 e. The van der Waals surface area contributed by atoms with E-state index in [1.54, 1.807) is 39.3 Å². The molecule has 4 rings (SSSR count). The molecule has 1 fully saturated rings. The molecule has 6 nitrogen and oxygen atoms in total. The topological polar surface area (TPSA) is 69.7 Å². The van der Waals surface area contributed by atoms with Gasteiger partial charge in [-0.15, -0.1) is 0 Å². The Morgan fingerprint density at radius 2 is 1.90 bits per heavy atom. The summed E-state index contributed by atoms with van der Waals surface area (Å²) >= 11 is 0. The van der Waals surface area contributed by atoms with Crippen LogP contribution >= 0.6 is 0 Å². The zero-order valence-corrected chi connectivity index (χ0v) is 23.0. The van der Waals surface area contributed by atoms with Crippen LogP contribution < -0.4 is 16.1 Å². The Labute approximate surface area is 227 Å². The van der Waals surface area contributed by atoms with Gasteiger partial charge in [0, 0.05) is 36.8 Å². The molecule has 2 aromatic carbocycles. The van der Waals surface area contributed by atoms with Crippen LogP contribution in [0, 0.1) is 18.6 Å². The van der Waals surface area contributed by atoms with Crippen LogP contribution in [-0.2, 0) is 15.9 Å². The minimum atomic E-state index is -0.509. The Kier molecular flexibility index (Phi) is 8.14. The summed E-state index contributed by atoms with van der Waals surface area (Å²) in [4.78, 5) is 15.9. The van der Waals surface area contributed by atoms with Crippen LogP contribution in [0.25, 0.3) is 22.2 Å². The van der Waals surface area contributed by atoms with Crippen molar-refractivity contribution in [2.45, 2.75) is 46.5 Å². The Balaban J connectivity index is 1.96. The number of hydrogen-bond acceptors (Lipinski definition) is 5. The van der Waals surface area contributed by atoms with Crippen molar-refractivity contribution < 1.29 is 18.3 Å². The third kappa shape index (κ3) is 5.15. The van der Waals surface area contributed by atoms with Crippen LogP contribution in [0.1, 0.15) is 49.8 Å². The van der Waals surface area contributed by atoms with Gasteiger partial charge in [0.2, 0.25) is 0 Å². The number of nitrogen functional groups attached to an aromatic ring is 1. The maximum atomic E-state index is 15.6. The predicted molar refractivity (Wildman–Crippen MR) is 154 cm³/mol. The van der Waals surface area contributed by atoms with Gasteiger partial charge in [0.25, 0.3) is 0 Å². The molecule has 206 valence electrons. The molecule has 2 N–H and O–H groups in total. The Morgan fingerprint density at radius 3 is 2.49 bits per heavy atom. The molecule has 1 aliphatic heterocycles. The number of aromatic nitrogens is 1. The largest absolute Gasteiger partial charge is 0.498 e. The summed E-state index contributed by atoms with van der Waals surface area (Å²) < 4.78 is 42.7. The lowest BCUT2D eigenvalue weighted by Crippen LogP contribution is -2.38. The van der Waals surface area contributed by atoms with Crippen molar-refractivity contribution in [2.75, 3.05) is 30.8 Å². The molecule has 0 aliphatic carbocycles. The minimum absolute atomic E-state index is 0.0104. The maximum Gasteiger partial charge on any atom is 0.197 e. The van der Waals surface area contributed by atoms with Gasteiger partial charge in [-0.3, -0.25) is 4.79 Å². The third-order valence-electron chi connectivity index (χ3n) is 7.42. The van der Waals surface area contributed by atoms with E-state index in [9.17, 15) is 9.18 Å². The van der Waals surface area contributed by atoms with Crippen molar-refractivity contribution in [1.82, 2.24) is 4.57 Å². The fraction of sp³-hybridized carbons (Fsp3) is 0.323. The number of hydrogen-bond donors (Lipinski definition) is 1. The van der Waals surface area contributed by atoms with E-state index >= 15 is 4.39 Å². The van der Waals surface area contributed by atoms with E-state index in [-0.39, 0.29) is 22.1 Å². The zero-order chi connectivity index (χ0) is 28.4. The van der Waals surface area contributed by atoms with Gasteiger partial charge in [0.05, 0.1) is 41.3 Å². The van der Waals surface area contributed by atoms with Gasteiger partial charge in [0.15, 0.2) is 5.43 Å². The van der Waals surface area contributed by atoms with E-state index in [0.29, 0.717) is 64.4 Å². The van der Waals surface area contributed by atoms with Gasteiger partial charge in [-0.2, -0.15) is 0 Å². The van der Waals surface area contributed by atoms with Crippen molar-refractivity contribution in [3.05, 3.63) is 93.9 Å². The highest BCUT2D eigenvalue weighted by atomic mass is 19.1. The summed E-state index contributed by atoms with van der Waals surface area (Å²) in [5.74, 6) is 0.231. The second-order valence-electron chi connectivity index (χ2n) is 9.74. The third-order valence-corrected chi connectivity index (χ3v) is 7.42. The molecular weight excluding hydrogens is 500 g/mol. The fourth-order valence-corrected chi connectivity index (χ4v) is 5.00. The fourth-order valence-electron chi connectivity index (χ4n) is 5.00. The van der Waals surface area contributed by atoms with Crippen LogP contribution in [0.2, 0.25) is 0 Å². The van der Waals surface area contributed by atoms with Crippen LogP contribution in [0.4, 0.5) is 20.2 Å². The molecule has 0 saturated carbocycles. The second-order valence-corrected chi connectivity index (χ2v) is 9.74. The van der Waals surface area contributed by atoms with E-state index in [2.05, 4.69) is 13.2 Å². The standard InChI is InChI=1S/C31H35F2N3O3/c1-7-21-14-23(32)24(34)15-25(21)36-17-22(18(3)10-11-28(38-6)20(5)39-8-2)31(37)29-19(4)30(33)27(16-26(29)36)35-12-9-13-35/h8,14-17H,2-3,7,9-13,34H2,1,4-6H3/b28-20-. The maximum absolute atomic E-state index is 15.6. The van der Waals surface area contributed by atoms with Crippen molar-refractivity contribution >= 4 is 27.9 Å². The summed E-state index contributed by atoms with van der Waals surface area (Å²) in [5.41, 5.74) is 9.14. The van der Waals surface area contributed by atoms with Crippen LogP contribution in [-0.4, -0.2) is 24.8 Å². The number of nitrogens with two attached hydrogens (primary N) is 1. The predicted octanol–water partition coefficient (Wildman–Crippen LogP) is 6.76. The number of halogens is 2. The molecule has 8 heteroatoms. The number of allylic oxidation sites excluding steroid dienone is 3. The van der Waals surface area contributed by atoms with Gasteiger partial charge in [0.1, 0.15) is 23.2 Å². The molecule has 2 heterocycles. The molecule has 39 heavy (non-hydrogen) atoms. The summed E-state index contributed by atoms with van der Waals surface area (Å²) in [7, 11) is 1.55. The van der Waals surface area contributed by atoms with Crippen LogP contribution in [0.15, 0.2) is 60.1 Å². The molecular formula is C31H35F2N3O3. The summed E-state index contributed by atoms with van der Waals surface area (Å²) in [6, 6.07) is 4.69. The molecule has 0 atom stereocenters. The number of pyridine rings is 1. The number of nitrogens with zero attached hydrogens (tertiary/aromatic N) is 2. The van der Waals surface area contributed by atoms with Crippen LogP contribution in [0.5, 0.6) is 0 Å². The zero-order valence-electron chi connectivity index (χ0n) is 23.0. The average Bonchev–Trinajstić information content (AvgIpc) is 2.87. The number of ether oxygens (including phenoxy) is 2. The molecule has 1 saturated heterocycles. The molecule has 1 aromatic heterocycles. The van der Waals surface area contributed by atoms with E-state index in [4.69, 9.17) is 15.2 Å². The number of anilines is 2. The van der Waals surface area contributed by atoms with E-state index in [1.807, 2.05) is 16.4 Å². The summed E-state index contributed by atoms with van der Waals surface area (Å²) in [5, 5.41) is 0.258. The number of rotatable bonds is 10. The average molecular weight is 536 g/mol. The number of benzene rings is 2. The van der Waals surface area contributed by atoms with Gasteiger partial charge in [-0.25, -0.2) is 8.78 Å². The van der Waals surface area contributed by atoms with Gasteiger partial charge in [-0.05, 0) is 62.4 Å². The van der Waals surface area contributed by atoms with Crippen LogP contribution in [0.3, 0.4) is 0 Å². The van der Waals surface area contributed by atoms with Gasteiger partial charge >= 0.3 is 0 Å². The number of fused-ring (bicyclic) bond motifs is 1. The Hall–Kier alpha value is -4.07. The quantitative estimate of drug-likeness (QED) is 0.229. The molecule has 0 spiro atoms. The molecule has 1 aliphatic rings. The highest BCUT2D eigenvalue weighted by molar-refractivity contribution is 5.90. The smallest absolute Gasteiger partial charge is 0.197 e. The Bertz CT molecular complexity index is 1550. The van der Waals surface area contributed by atoms with E-state index in [1.165, 1.54) is 12.3 Å². The first kappa shape index (κ1) is 28.0. The van der Waals surface area contributed by atoms with Crippen molar-refractivity contribution in [1.29, 1.82) is 0 Å². The highest BCUT2D eigenvalue weighted by Crippen LogP contribution is 2.35. The van der Waals surface area contributed by atoms with Crippen molar-refractivity contribution in [2.24, 2.45) is 0 Å². The van der Waals surface area contributed by atoms with Gasteiger partial charge < -0.3 is 24.7 Å². The number of methoxy groups -OCH3 is 1. The lowest BCUT2D eigenvalue weighted by molar-refractivity contribution is 0.233. The SMILES string of the molecule is C=CO/C(C)=C(/CCC(=C)c1cn(-c2cc(N)c(F)cc2CC)c2cc(N3CCC3)c(F)c(C)c2c1=O)OC. The number of aryl methyl sites for hydroxylation is 2. The first-order valence-corrected chi connectivity index (χ1v) is 13.0. The first-order chi connectivity index (χ1) is 18.6. The highest BCUT2D eigenvalue weighted by Gasteiger charge is 2.25. The molecule has 0 radical (unpaired) electrons. The lowest BCUT2D eigenvalue weighted by atomic mass is 9.97. The van der Waals surface area contributed by atoms with E-state index < -0.39 is 11.6 Å².